The van der Waals surface area contributed by atoms with Gasteiger partial charge in [0.05, 0.1) is 26.2 Å². The number of benzene rings is 1. The van der Waals surface area contributed by atoms with Gasteiger partial charge in [-0.1, -0.05) is 12.1 Å². The second-order valence-corrected chi connectivity index (χ2v) is 7.09. The fraction of sp³-hybridized carbons (Fsp3) is 0.600. The molecule has 2 aliphatic rings. The highest BCUT2D eigenvalue weighted by Gasteiger charge is 2.34. The zero-order chi connectivity index (χ0) is 19.1. The summed E-state index contributed by atoms with van der Waals surface area (Å²) in [5, 5.41) is 2.97. The van der Waals surface area contributed by atoms with Gasteiger partial charge in [0, 0.05) is 45.7 Å². The van der Waals surface area contributed by atoms with Gasteiger partial charge in [0.25, 0.3) is 0 Å². The number of hydrogen-bond acceptors (Lipinski definition) is 5. The number of amides is 2. The first-order valence-corrected chi connectivity index (χ1v) is 9.64. The van der Waals surface area contributed by atoms with E-state index in [1.807, 2.05) is 29.2 Å². The number of nitrogens with one attached hydrogen (secondary N) is 1. The van der Waals surface area contributed by atoms with Crippen LogP contribution in [0.4, 0.5) is 0 Å². The molecule has 0 bridgehead atoms. The number of likely N-dealkylation sites (tertiary alicyclic amines) is 1. The molecule has 1 atom stereocenters. The number of morpholine rings is 1. The Hall–Kier alpha value is -2.12. The quantitative estimate of drug-likeness (QED) is 0.718. The molecule has 2 heterocycles. The Morgan fingerprint density at radius 1 is 1.30 bits per heavy atom. The molecule has 0 aromatic heterocycles. The molecule has 3 rings (SSSR count). The fourth-order valence-corrected chi connectivity index (χ4v) is 3.55. The lowest BCUT2D eigenvalue weighted by Gasteiger charge is -2.28. The molecule has 1 N–H and O–H groups in total. The van der Waals surface area contributed by atoms with Crippen LogP contribution in [0.1, 0.15) is 12.0 Å². The SMILES string of the molecule is COc1cccc(CCNC(=O)C2CC(=O)N(CCN3CCOCC3)C2)c1. The van der Waals surface area contributed by atoms with E-state index in [4.69, 9.17) is 9.47 Å². The second kappa shape index (κ2) is 9.71. The van der Waals surface area contributed by atoms with Gasteiger partial charge in [0.1, 0.15) is 5.75 Å². The highest BCUT2D eigenvalue weighted by Crippen LogP contribution is 2.18. The van der Waals surface area contributed by atoms with Gasteiger partial charge >= 0.3 is 0 Å². The topological polar surface area (TPSA) is 71.1 Å². The first kappa shape index (κ1) is 19.6. The van der Waals surface area contributed by atoms with E-state index in [1.165, 1.54) is 0 Å². The molecule has 2 amide bonds. The lowest BCUT2D eigenvalue weighted by Crippen LogP contribution is -2.42. The summed E-state index contributed by atoms with van der Waals surface area (Å²) in [6, 6.07) is 7.83. The highest BCUT2D eigenvalue weighted by atomic mass is 16.5. The minimum absolute atomic E-state index is 0.0277. The van der Waals surface area contributed by atoms with Crippen molar-refractivity contribution in [2.75, 3.05) is 59.6 Å². The normalized spacial score (nSPS) is 20.7. The van der Waals surface area contributed by atoms with E-state index in [0.29, 0.717) is 26.1 Å². The highest BCUT2D eigenvalue weighted by molar-refractivity contribution is 5.89. The molecule has 0 saturated carbocycles. The molecule has 148 valence electrons. The van der Waals surface area contributed by atoms with Gasteiger partial charge in [-0.25, -0.2) is 0 Å². The van der Waals surface area contributed by atoms with Crippen molar-refractivity contribution in [3.8, 4) is 5.75 Å². The Labute approximate surface area is 160 Å². The van der Waals surface area contributed by atoms with Gasteiger partial charge in [-0.3, -0.25) is 14.5 Å². The van der Waals surface area contributed by atoms with Gasteiger partial charge in [-0.15, -0.1) is 0 Å². The van der Waals surface area contributed by atoms with Gasteiger partial charge in [0.15, 0.2) is 0 Å². The molecule has 2 fully saturated rings. The van der Waals surface area contributed by atoms with Crippen LogP contribution < -0.4 is 10.1 Å². The standard InChI is InChI=1S/C20H29N3O4/c1-26-18-4-2-3-16(13-18)5-6-21-20(25)17-14-19(24)23(15-17)8-7-22-9-11-27-12-10-22/h2-4,13,17H,5-12,14-15H2,1H3,(H,21,25). The minimum atomic E-state index is -0.243. The average Bonchev–Trinajstić information content (AvgIpc) is 3.08. The molecule has 2 aliphatic heterocycles. The van der Waals surface area contributed by atoms with E-state index in [1.54, 1.807) is 7.11 Å². The van der Waals surface area contributed by atoms with E-state index in [0.717, 1.165) is 50.6 Å². The Morgan fingerprint density at radius 2 is 2.11 bits per heavy atom. The lowest BCUT2D eigenvalue weighted by molar-refractivity contribution is -0.129. The van der Waals surface area contributed by atoms with Crippen LogP contribution in [0.25, 0.3) is 0 Å². The molecule has 2 saturated heterocycles. The third-order valence-electron chi connectivity index (χ3n) is 5.22. The fourth-order valence-electron chi connectivity index (χ4n) is 3.55. The summed E-state index contributed by atoms with van der Waals surface area (Å²) in [4.78, 5) is 28.8. The van der Waals surface area contributed by atoms with Gasteiger partial charge in [-0.05, 0) is 24.1 Å². The molecule has 7 heteroatoms. The van der Waals surface area contributed by atoms with Gasteiger partial charge < -0.3 is 19.7 Å². The second-order valence-electron chi connectivity index (χ2n) is 7.09. The minimum Gasteiger partial charge on any atom is -0.497 e. The maximum atomic E-state index is 12.4. The summed E-state index contributed by atoms with van der Waals surface area (Å²) in [5.74, 6) is 0.625. The number of hydrogen-bond donors (Lipinski definition) is 1. The van der Waals surface area contributed by atoms with E-state index in [2.05, 4.69) is 10.2 Å². The number of carbonyl (C=O) groups excluding carboxylic acids is 2. The average molecular weight is 375 g/mol. The smallest absolute Gasteiger partial charge is 0.225 e. The molecule has 0 spiro atoms. The van der Waals surface area contributed by atoms with Crippen LogP contribution in [0.2, 0.25) is 0 Å². The molecule has 1 aromatic rings. The number of ether oxygens (including phenoxy) is 2. The number of rotatable bonds is 8. The third-order valence-corrected chi connectivity index (χ3v) is 5.22. The van der Waals surface area contributed by atoms with Crippen LogP contribution in [0, 0.1) is 5.92 Å². The van der Waals surface area contributed by atoms with E-state index >= 15 is 0 Å². The summed E-state index contributed by atoms with van der Waals surface area (Å²) in [7, 11) is 1.64. The van der Waals surface area contributed by atoms with E-state index in [-0.39, 0.29) is 17.7 Å². The van der Waals surface area contributed by atoms with Crippen molar-refractivity contribution in [1.82, 2.24) is 15.1 Å². The first-order chi connectivity index (χ1) is 13.2. The Bertz CT molecular complexity index is 646. The van der Waals surface area contributed by atoms with Crippen molar-refractivity contribution >= 4 is 11.8 Å². The van der Waals surface area contributed by atoms with Crippen molar-refractivity contribution in [1.29, 1.82) is 0 Å². The van der Waals surface area contributed by atoms with E-state index < -0.39 is 0 Å². The third kappa shape index (κ3) is 5.68. The Balaban J connectivity index is 1.39. The molecule has 0 aliphatic carbocycles. The first-order valence-electron chi connectivity index (χ1n) is 9.64. The zero-order valence-electron chi connectivity index (χ0n) is 16.0. The zero-order valence-corrected chi connectivity index (χ0v) is 16.0. The van der Waals surface area contributed by atoms with Gasteiger partial charge in [0.2, 0.25) is 11.8 Å². The largest absolute Gasteiger partial charge is 0.497 e. The van der Waals surface area contributed by atoms with Gasteiger partial charge in [-0.2, -0.15) is 0 Å². The van der Waals surface area contributed by atoms with Crippen LogP contribution in [0.15, 0.2) is 24.3 Å². The summed E-state index contributed by atoms with van der Waals surface area (Å²) >= 11 is 0. The van der Waals surface area contributed by atoms with Crippen molar-refractivity contribution in [3.05, 3.63) is 29.8 Å². The van der Waals surface area contributed by atoms with Crippen LogP contribution in [0.3, 0.4) is 0 Å². The lowest BCUT2D eigenvalue weighted by atomic mass is 10.1. The van der Waals surface area contributed by atoms with Crippen LogP contribution >= 0.6 is 0 Å². The maximum Gasteiger partial charge on any atom is 0.225 e. The van der Waals surface area contributed by atoms with Crippen molar-refractivity contribution in [2.24, 2.45) is 5.92 Å². The molecule has 7 nitrogen and oxygen atoms in total. The molecule has 0 radical (unpaired) electrons. The maximum absolute atomic E-state index is 12.4. The van der Waals surface area contributed by atoms with Crippen molar-refractivity contribution in [2.45, 2.75) is 12.8 Å². The summed E-state index contributed by atoms with van der Waals surface area (Å²) in [6.45, 7) is 5.95. The van der Waals surface area contributed by atoms with Crippen LogP contribution in [-0.2, 0) is 20.7 Å². The predicted molar refractivity (Wildman–Crippen MR) is 102 cm³/mol. The molecular weight excluding hydrogens is 346 g/mol. The van der Waals surface area contributed by atoms with Crippen LogP contribution in [-0.4, -0.2) is 81.2 Å². The summed E-state index contributed by atoms with van der Waals surface area (Å²) in [5.41, 5.74) is 1.12. The Kier molecular flexibility index (Phi) is 7.06. The Morgan fingerprint density at radius 3 is 2.89 bits per heavy atom. The monoisotopic (exact) mass is 375 g/mol. The van der Waals surface area contributed by atoms with Crippen molar-refractivity contribution in [3.63, 3.8) is 0 Å². The summed E-state index contributed by atoms with van der Waals surface area (Å²) < 4.78 is 10.6. The van der Waals surface area contributed by atoms with E-state index in [9.17, 15) is 9.59 Å². The number of methoxy groups -OCH3 is 1. The molecular formula is C20H29N3O4. The molecule has 27 heavy (non-hydrogen) atoms. The number of nitrogens with zero attached hydrogens (tertiary/aromatic N) is 2. The van der Waals surface area contributed by atoms with Crippen molar-refractivity contribution < 1.29 is 19.1 Å². The molecule has 1 unspecified atom stereocenters. The molecule has 1 aromatic carbocycles. The summed E-state index contributed by atoms with van der Waals surface area (Å²) in [6.07, 6.45) is 1.05. The predicted octanol–water partition coefficient (Wildman–Crippen LogP) is 0.535. The van der Waals surface area contributed by atoms with Crippen LogP contribution in [0.5, 0.6) is 5.75 Å². The number of carbonyl (C=O) groups is 2.